The Hall–Kier alpha value is -1.08. The number of hydrogen-bond acceptors (Lipinski definition) is 9. The van der Waals surface area contributed by atoms with E-state index < -0.39 is 43.3 Å². The molecule has 25 heavy (non-hydrogen) atoms. The van der Waals surface area contributed by atoms with Gasteiger partial charge in [0.2, 0.25) is 0 Å². The molecule has 0 aliphatic carbocycles. The van der Waals surface area contributed by atoms with E-state index in [1.165, 1.54) is 7.11 Å². The molecule has 0 bridgehead atoms. The van der Waals surface area contributed by atoms with E-state index in [4.69, 9.17) is 21.1 Å². The number of carbonyl (C=O) groups excluding carboxylic acids is 1. The fourth-order valence-electron chi connectivity index (χ4n) is 2.45. The van der Waals surface area contributed by atoms with Crippen LogP contribution in [-0.2, 0) is 9.47 Å². The summed E-state index contributed by atoms with van der Waals surface area (Å²) in [7, 11) is 1.47. The molecule has 1 saturated heterocycles. The van der Waals surface area contributed by atoms with Crippen LogP contribution >= 0.6 is 11.6 Å². The van der Waals surface area contributed by atoms with E-state index in [1.54, 1.807) is 0 Å². The summed E-state index contributed by atoms with van der Waals surface area (Å²) in [6, 6.07) is -0.893. The minimum atomic E-state index is -1.66. The SMILES string of the molecule is COCCCN(C(=O)N(CCCl)N=O)C1O[C@H](CO)[C@H](O)[C@H](O)[C@H]1O. The maximum atomic E-state index is 12.5. The highest BCUT2D eigenvalue weighted by Gasteiger charge is 2.47. The van der Waals surface area contributed by atoms with Gasteiger partial charge in [-0.3, -0.25) is 4.90 Å². The molecule has 0 aromatic heterocycles. The predicted molar refractivity (Wildman–Crippen MR) is 85.6 cm³/mol. The molecule has 4 N–H and O–H groups in total. The highest BCUT2D eigenvalue weighted by atomic mass is 35.5. The molecule has 1 rings (SSSR count). The van der Waals surface area contributed by atoms with E-state index in [9.17, 15) is 30.1 Å². The molecule has 1 fully saturated rings. The van der Waals surface area contributed by atoms with Crippen molar-refractivity contribution < 1.29 is 34.7 Å². The molecule has 0 aromatic carbocycles. The van der Waals surface area contributed by atoms with Gasteiger partial charge in [-0.1, -0.05) is 0 Å². The number of rotatable bonds is 9. The molecular weight excluding hydrogens is 362 g/mol. The van der Waals surface area contributed by atoms with E-state index in [0.29, 0.717) is 11.4 Å². The van der Waals surface area contributed by atoms with Gasteiger partial charge in [0, 0.05) is 26.1 Å². The summed E-state index contributed by atoms with van der Waals surface area (Å²) in [5.74, 6) is -0.0436. The van der Waals surface area contributed by atoms with E-state index in [2.05, 4.69) is 5.29 Å². The van der Waals surface area contributed by atoms with Crippen LogP contribution in [0.4, 0.5) is 4.79 Å². The maximum Gasteiger partial charge on any atom is 0.345 e. The number of methoxy groups -OCH3 is 1. The van der Waals surface area contributed by atoms with Gasteiger partial charge in [0.05, 0.1) is 18.4 Å². The number of aliphatic hydroxyl groups is 4. The Balaban J connectivity index is 3.03. The number of aliphatic hydroxyl groups excluding tert-OH is 4. The van der Waals surface area contributed by atoms with E-state index in [0.717, 1.165) is 4.90 Å². The number of amides is 2. The third-order valence-corrected chi connectivity index (χ3v) is 3.95. The van der Waals surface area contributed by atoms with Crippen molar-refractivity contribution in [3.05, 3.63) is 4.91 Å². The first kappa shape index (κ1) is 22.0. The Morgan fingerprint density at radius 1 is 1.24 bits per heavy atom. The van der Waals surface area contributed by atoms with Crippen LogP contribution in [-0.4, -0.2) is 106 Å². The summed E-state index contributed by atoms with van der Waals surface area (Å²) in [4.78, 5) is 24.4. The fraction of sp³-hybridized carbons (Fsp3) is 0.923. The zero-order valence-corrected chi connectivity index (χ0v) is 14.5. The van der Waals surface area contributed by atoms with Gasteiger partial charge in [0.1, 0.15) is 24.4 Å². The minimum absolute atomic E-state index is 0.00364. The molecule has 1 heterocycles. The number of nitrogens with zero attached hydrogens (tertiary/aromatic N) is 3. The zero-order valence-electron chi connectivity index (χ0n) is 13.8. The summed E-state index contributed by atoms with van der Waals surface area (Å²) in [5.41, 5.74) is 0. The third-order valence-electron chi connectivity index (χ3n) is 3.78. The topological polar surface area (TPSA) is 152 Å². The molecule has 0 radical (unpaired) electrons. The van der Waals surface area contributed by atoms with Crippen molar-refractivity contribution in [2.24, 2.45) is 5.29 Å². The Bertz CT molecular complexity index is 430. The minimum Gasteiger partial charge on any atom is -0.394 e. The van der Waals surface area contributed by atoms with E-state index in [1.807, 2.05) is 0 Å². The Morgan fingerprint density at radius 3 is 2.44 bits per heavy atom. The van der Waals surface area contributed by atoms with Crippen LogP contribution < -0.4 is 0 Å². The molecule has 0 saturated carbocycles. The quantitative estimate of drug-likeness (QED) is 0.161. The Kier molecular flexibility index (Phi) is 9.50. The number of ether oxygens (including phenoxy) is 2. The third kappa shape index (κ3) is 5.45. The number of hydrogen-bond donors (Lipinski definition) is 4. The number of urea groups is 1. The van der Waals surface area contributed by atoms with Crippen LogP contribution in [0.5, 0.6) is 0 Å². The van der Waals surface area contributed by atoms with Gasteiger partial charge in [0.25, 0.3) is 0 Å². The predicted octanol–water partition coefficient (Wildman–Crippen LogP) is -1.53. The van der Waals surface area contributed by atoms with Crippen molar-refractivity contribution in [3.63, 3.8) is 0 Å². The van der Waals surface area contributed by atoms with E-state index in [-0.39, 0.29) is 25.6 Å². The molecular formula is C13H24ClN3O8. The first-order valence-corrected chi connectivity index (χ1v) is 8.23. The van der Waals surface area contributed by atoms with Crippen LogP contribution in [0.15, 0.2) is 5.29 Å². The molecule has 1 unspecified atom stereocenters. The summed E-state index contributed by atoms with van der Waals surface area (Å²) in [6.45, 7) is -0.518. The van der Waals surface area contributed by atoms with Crippen LogP contribution in [0.3, 0.4) is 0 Å². The van der Waals surface area contributed by atoms with Gasteiger partial charge in [-0.15, -0.1) is 16.5 Å². The van der Waals surface area contributed by atoms with Gasteiger partial charge in [0.15, 0.2) is 6.23 Å². The zero-order chi connectivity index (χ0) is 19.0. The smallest absolute Gasteiger partial charge is 0.345 e. The lowest BCUT2D eigenvalue weighted by atomic mass is 9.97. The molecule has 1 aliphatic heterocycles. The van der Waals surface area contributed by atoms with Crippen LogP contribution in [0, 0.1) is 4.91 Å². The monoisotopic (exact) mass is 385 g/mol. The maximum absolute atomic E-state index is 12.5. The molecule has 1 aliphatic rings. The van der Waals surface area contributed by atoms with Gasteiger partial charge < -0.3 is 29.9 Å². The molecule has 12 heteroatoms. The van der Waals surface area contributed by atoms with Crippen LogP contribution in [0.1, 0.15) is 6.42 Å². The van der Waals surface area contributed by atoms with Gasteiger partial charge in [-0.2, -0.15) is 5.01 Å². The van der Waals surface area contributed by atoms with Crippen molar-refractivity contribution in [2.45, 2.75) is 37.1 Å². The summed E-state index contributed by atoms with van der Waals surface area (Å²) in [5, 5.41) is 42.3. The van der Waals surface area contributed by atoms with Crippen LogP contribution in [0.2, 0.25) is 0 Å². The number of halogens is 1. The first-order valence-electron chi connectivity index (χ1n) is 7.69. The molecule has 0 spiro atoms. The number of nitroso groups, excluding NO2 is 1. The van der Waals surface area contributed by atoms with Crippen molar-refractivity contribution in [2.75, 3.05) is 39.3 Å². The molecule has 5 atom stereocenters. The lowest BCUT2D eigenvalue weighted by molar-refractivity contribution is -0.258. The molecule has 0 aromatic rings. The van der Waals surface area contributed by atoms with Crippen molar-refractivity contribution in [1.29, 1.82) is 0 Å². The second-order valence-corrected chi connectivity index (χ2v) is 5.81. The number of alkyl halides is 1. The summed E-state index contributed by atoms with van der Waals surface area (Å²) < 4.78 is 10.3. The second kappa shape index (κ2) is 10.8. The summed E-state index contributed by atoms with van der Waals surface area (Å²) >= 11 is 5.53. The Labute approximate surface area is 149 Å². The highest BCUT2D eigenvalue weighted by molar-refractivity contribution is 6.18. The van der Waals surface area contributed by atoms with Gasteiger partial charge >= 0.3 is 6.03 Å². The lowest BCUT2D eigenvalue weighted by Gasteiger charge is -2.44. The molecule has 11 nitrogen and oxygen atoms in total. The second-order valence-electron chi connectivity index (χ2n) is 5.44. The van der Waals surface area contributed by atoms with E-state index >= 15 is 0 Å². The first-order chi connectivity index (χ1) is 11.9. The lowest BCUT2D eigenvalue weighted by Crippen LogP contribution is -2.65. The van der Waals surface area contributed by atoms with Gasteiger partial charge in [-0.05, 0) is 6.42 Å². The van der Waals surface area contributed by atoms with Crippen LogP contribution in [0.25, 0.3) is 0 Å². The van der Waals surface area contributed by atoms with Crippen molar-refractivity contribution in [3.8, 4) is 0 Å². The van der Waals surface area contributed by atoms with Gasteiger partial charge in [-0.25, -0.2) is 4.79 Å². The Morgan fingerprint density at radius 2 is 1.92 bits per heavy atom. The average molecular weight is 386 g/mol. The fourth-order valence-corrected chi connectivity index (χ4v) is 2.61. The number of carbonyl (C=O) groups is 1. The van der Waals surface area contributed by atoms with Crippen molar-refractivity contribution in [1.82, 2.24) is 9.91 Å². The largest absolute Gasteiger partial charge is 0.394 e. The highest BCUT2D eigenvalue weighted by Crippen LogP contribution is 2.25. The average Bonchev–Trinajstić information content (AvgIpc) is 2.62. The molecule has 146 valence electrons. The normalized spacial score (nSPS) is 29.3. The standard InChI is InChI=1S/C13H24ClN3O8/c1-24-6-2-4-16(13(22)17(15-23)5-3-14)12-11(21)10(20)9(19)8(7-18)25-12/h8-12,18-21H,2-7H2,1H3/t8-,9+,10+,11-,12?/m1/s1. The van der Waals surface area contributed by atoms with Crippen molar-refractivity contribution >= 4 is 17.6 Å². The summed E-state index contributed by atoms with van der Waals surface area (Å²) in [6.07, 6.45) is -7.13. The molecule has 2 amide bonds.